The molecular weight excluding hydrogens is 418 g/mol. The largest absolute Gasteiger partial charge is 0.477 e. The number of nitrogens with zero attached hydrogens (tertiary/aromatic N) is 3. The van der Waals surface area contributed by atoms with Crippen LogP contribution in [0.15, 0.2) is 29.1 Å². The number of amides is 2. The number of nitrogens with two attached hydrogens (primary N) is 1. The summed E-state index contributed by atoms with van der Waals surface area (Å²) in [5, 5.41) is 23.3. The Bertz CT molecular complexity index is 927. The van der Waals surface area contributed by atoms with Crippen molar-refractivity contribution in [1.82, 2.24) is 15.2 Å². The van der Waals surface area contributed by atoms with Gasteiger partial charge in [-0.2, -0.15) is 0 Å². The van der Waals surface area contributed by atoms with Crippen molar-refractivity contribution in [3.8, 4) is 0 Å². The molecule has 0 aromatic carbocycles. The lowest BCUT2D eigenvalue weighted by molar-refractivity contribution is -0.150. The summed E-state index contributed by atoms with van der Waals surface area (Å²) in [5.41, 5.74) is 5.16. The first-order chi connectivity index (χ1) is 12.8. The number of rotatable bonds is 5. The van der Waals surface area contributed by atoms with Gasteiger partial charge >= 0.3 is 5.97 Å². The van der Waals surface area contributed by atoms with E-state index >= 15 is 0 Å². The van der Waals surface area contributed by atoms with E-state index in [2.05, 4.69) is 22.0 Å². The van der Waals surface area contributed by atoms with Gasteiger partial charge in [0.15, 0.2) is 10.8 Å². The predicted molar refractivity (Wildman–Crippen MR) is 99.7 cm³/mol. The summed E-state index contributed by atoms with van der Waals surface area (Å²) in [5.74, 6) is -2.42. The van der Waals surface area contributed by atoms with Crippen LogP contribution in [0.25, 0.3) is 0 Å². The first-order valence-electron chi connectivity index (χ1n) is 7.28. The van der Waals surface area contributed by atoms with Crippen LogP contribution in [0.2, 0.25) is 4.34 Å². The Morgan fingerprint density at radius 1 is 1.52 bits per heavy atom. The number of nitrogen functional groups attached to an aromatic ring is 1. The van der Waals surface area contributed by atoms with E-state index in [4.69, 9.17) is 22.5 Å². The summed E-state index contributed by atoms with van der Waals surface area (Å²) in [6, 6.07) is -0.991. The van der Waals surface area contributed by atoms with Crippen molar-refractivity contribution < 1.29 is 24.7 Å². The standard InChI is InChI=1S/C14H12ClN5O5S2/c1-2-4-3-26-12-7(11(22)20(12)8(4)13(23)24)17-10(21)6(19-25)5-9(15)27-14(16)18-5/h2,7,12,25H,1,3H2,(H2,16,18)(H,17,21)(H,23,24)/b19-6+/t7-,12-/m1/s1. The number of β-lactam (4-membered cyclic amide) rings is 1. The molecule has 1 fully saturated rings. The number of thiazole rings is 1. The predicted octanol–water partition coefficient (Wildman–Crippen LogP) is 0.482. The fourth-order valence-electron chi connectivity index (χ4n) is 2.67. The summed E-state index contributed by atoms with van der Waals surface area (Å²) in [6.45, 7) is 3.56. The van der Waals surface area contributed by atoms with Crippen molar-refractivity contribution >= 4 is 63.3 Å². The zero-order chi connectivity index (χ0) is 19.9. The number of anilines is 1. The molecule has 3 heterocycles. The number of oxime groups is 1. The molecule has 0 bridgehead atoms. The Kier molecular flexibility index (Phi) is 5.13. The number of carboxylic acid groups (broad SMARTS) is 1. The van der Waals surface area contributed by atoms with Gasteiger partial charge in [-0.3, -0.25) is 14.5 Å². The topological polar surface area (TPSA) is 158 Å². The Balaban J connectivity index is 1.80. The Morgan fingerprint density at radius 2 is 2.22 bits per heavy atom. The van der Waals surface area contributed by atoms with Crippen molar-refractivity contribution in [1.29, 1.82) is 0 Å². The summed E-state index contributed by atoms with van der Waals surface area (Å²) in [6.07, 6.45) is 1.39. The molecule has 10 nitrogen and oxygen atoms in total. The molecule has 2 atom stereocenters. The van der Waals surface area contributed by atoms with Gasteiger partial charge in [0.1, 0.15) is 27.1 Å². The van der Waals surface area contributed by atoms with Gasteiger partial charge in [0.25, 0.3) is 11.8 Å². The van der Waals surface area contributed by atoms with Crippen molar-refractivity contribution in [2.45, 2.75) is 11.4 Å². The second-order valence-corrected chi connectivity index (χ2v) is 8.10. The fourth-order valence-corrected chi connectivity index (χ4v) is 4.94. The molecule has 1 saturated heterocycles. The summed E-state index contributed by atoms with van der Waals surface area (Å²) in [7, 11) is 0. The summed E-state index contributed by atoms with van der Waals surface area (Å²) in [4.78, 5) is 41.3. The molecule has 1 aromatic heterocycles. The smallest absolute Gasteiger partial charge is 0.352 e. The van der Waals surface area contributed by atoms with E-state index in [9.17, 15) is 19.5 Å². The van der Waals surface area contributed by atoms with Crippen LogP contribution < -0.4 is 11.1 Å². The molecule has 2 aliphatic heterocycles. The van der Waals surface area contributed by atoms with Crippen LogP contribution in [0, 0.1) is 0 Å². The van der Waals surface area contributed by atoms with Crippen LogP contribution in [0.4, 0.5) is 5.13 Å². The molecule has 142 valence electrons. The minimum atomic E-state index is -1.25. The number of carboxylic acids is 1. The highest BCUT2D eigenvalue weighted by molar-refractivity contribution is 8.00. The number of carbonyl (C=O) groups excluding carboxylic acids is 2. The minimum absolute atomic E-state index is 0.0516. The molecule has 0 radical (unpaired) electrons. The molecule has 0 saturated carbocycles. The maximum atomic E-state index is 12.4. The van der Waals surface area contributed by atoms with Crippen LogP contribution in [-0.4, -0.2) is 60.9 Å². The molecule has 0 aliphatic carbocycles. The highest BCUT2D eigenvalue weighted by Gasteiger charge is 2.54. The highest BCUT2D eigenvalue weighted by Crippen LogP contribution is 2.40. The third kappa shape index (κ3) is 3.15. The third-order valence-corrected chi connectivity index (χ3v) is 6.26. The monoisotopic (exact) mass is 429 g/mol. The SMILES string of the molecule is C=CC1=C(C(=O)O)N2C(=O)[C@@H](NC(=O)/C(=N/O)c3nc(N)sc3Cl)[C@H]2SC1. The van der Waals surface area contributed by atoms with Crippen molar-refractivity contribution in [2.75, 3.05) is 11.5 Å². The maximum Gasteiger partial charge on any atom is 0.352 e. The van der Waals surface area contributed by atoms with Crippen molar-refractivity contribution in [3.05, 3.63) is 34.0 Å². The first-order valence-corrected chi connectivity index (χ1v) is 9.53. The third-order valence-electron chi connectivity index (χ3n) is 3.88. The second kappa shape index (κ2) is 7.21. The van der Waals surface area contributed by atoms with E-state index in [1.54, 1.807) is 0 Å². The lowest BCUT2D eigenvalue weighted by Crippen LogP contribution is -2.71. The molecule has 3 rings (SSSR count). The Morgan fingerprint density at radius 3 is 2.74 bits per heavy atom. The second-order valence-electron chi connectivity index (χ2n) is 5.37. The number of carbonyl (C=O) groups is 3. The molecule has 27 heavy (non-hydrogen) atoms. The van der Waals surface area contributed by atoms with Gasteiger partial charge in [-0.1, -0.05) is 40.7 Å². The average molecular weight is 430 g/mol. The molecular formula is C14H12ClN5O5S2. The van der Waals surface area contributed by atoms with Gasteiger partial charge in [0.05, 0.1) is 0 Å². The molecule has 13 heteroatoms. The number of fused-ring (bicyclic) bond motifs is 1. The van der Waals surface area contributed by atoms with E-state index in [-0.39, 0.29) is 20.9 Å². The van der Waals surface area contributed by atoms with Gasteiger partial charge in [-0.15, -0.1) is 11.8 Å². The zero-order valence-electron chi connectivity index (χ0n) is 13.4. The number of aliphatic carboxylic acids is 1. The normalized spacial score (nSPS) is 22.2. The van der Waals surface area contributed by atoms with E-state index in [1.807, 2.05) is 0 Å². The van der Waals surface area contributed by atoms with Crippen LogP contribution >= 0.6 is 34.7 Å². The van der Waals surface area contributed by atoms with Crippen LogP contribution in [0.5, 0.6) is 0 Å². The van der Waals surface area contributed by atoms with Gasteiger partial charge in [0, 0.05) is 5.75 Å². The molecule has 0 spiro atoms. The van der Waals surface area contributed by atoms with Gasteiger partial charge in [0.2, 0.25) is 0 Å². The van der Waals surface area contributed by atoms with Crippen molar-refractivity contribution in [2.24, 2.45) is 5.16 Å². The molecule has 5 N–H and O–H groups in total. The van der Waals surface area contributed by atoms with Crippen LogP contribution in [0.3, 0.4) is 0 Å². The molecule has 1 aromatic rings. The number of aromatic nitrogens is 1. The van der Waals surface area contributed by atoms with Gasteiger partial charge < -0.3 is 21.4 Å². The quantitative estimate of drug-likeness (QED) is 0.228. The maximum absolute atomic E-state index is 12.4. The molecule has 0 unspecified atom stereocenters. The van der Waals surface area contributed by atoms with Gasteiger partial charge in [-0.05, 0) is 5.57 Å². The molecule has 2 aliphatic rings. The number of nitrogens with one attached hydrogen (secondary N) is 1. The minimum Gasteiger partial charge on any atom is -0.477 e. The summed E-state index contributed by atoms with van der Waals surface area (Å²) < 4.78 is 0.0516. The van der Waals surface area contributed by atoms with E-state index in [1.165, 1.54) is 17.8 Å². The number of thioether (sulfide) groups is 1. The number of hydrogen-bond acceptors (Lipinski definition) is 9. The molecule has 2 amide bonds. The van der Waals surface area contributed by atoms with Gasteiger partial charge in [-0.25, -0.2) is 9.78 Å². The van der Waals surface area contributed by atoms with E-state index in [0.717, 1.165) is 16.2 Å². The van der Waals surface area contributed by atoms with Crippen LogP contribution in [-0.2, 0) is 14.4 Å². The summed E-state index contributed by atoms with van der Waals surface area (Å²) >= 11 is 8.09. The number of halogens is 1. The fraction of sp³-hybridized carbons (Fsp3) is 0.214. The zero-order valence-corrected chi connectivity index (χ0v) is 15.8. The number of hydrogen-bond donors (Lipinski definition) is 4. The van der Waals surface area contributed by atoms with Crippen molar-refractivity contribution in [3.63, 3.8) is 0 Å². The van der Waals surface area contributed by atoms with E-state index < -0.39 is 34.9 Å². The lowest BCUT2D eigenvalue weighted by Gasteiger charge is -2.49. The average Bonchev–Trinajstić information content (AvgIpc) is 2.96. The Hall–Kier alpha value is -2.57. The lowest BCUT2D eigenvalue weighted by atomic mass is 10.0. The first kappa shape index (κ1) is 19.2. The van der Waals surface area contributed by atoms with Crippen LogP contribution in [0.1, 0.15) is 5.69 Å². The Labute approximate surface area is 165 Å². The number of allylic oxidation sites excluding steroid dienone is 1. The highest BCUT2D eigenvalue weighted by atomic mass is 35.5. The van der Waals surface area contributed by atoms with E-state index in [0.29, 0.717) is 11.3 Å².